The second-order valence-electron chi connectivity index (χ2n) is 9.38. The maximum Gasteiger partial charge on any atom is 0.261 e. The van der Waals surface area contributed by atoms with Crippen LogP contribution in [0.15, 0.2) is 33.6 Å². The Morgan fingerprint density at radius 1 is 1.28 bits per heavy atom. The number of nitrogens with zero attached hydrogens (tertiary/aromatic N) is 3. The van der Waals surface area contributed by atoms with Crippen molar-refractivity contribution < 1.29 is 12.8 Å². The lowest BCUT2D eigenvalue weighted by Crippen LogP contribution is -2.50. The Morgan fingerprint density at radius 3 is 2.78 bits per heavy atom. The smallest absolute Gasteiger partial charge is 0.261 e. The van der Waals surface area contributed by atoms with Gasteiger partial charge < -0.3 is 8.98 Å². The molecule has 3 aromatic rings. The minimum atomic E-state index is -3.84. The number of rotatable bonds is 3. The normalized spacial score (nSPS) is 25.1. The number of benzene rings is 1. The van der Waals surface area contributed by atoms with Crippen molar-refractivity contribution in [2.75, 3.05) is 13.1 Å². The first-order valence-corrected chi connectivity index (χ1v) is 13.6. The van der Waals surface area contributed by atoms with Gasteiger partial charge >= 0.3 is 0 Å². The van der Waals surface area contributed by atoms with Crippen molar-refractivity contribution in [2.24, 2.45) is 5.41 Å². The highest BCUT2D eigenvalue weighted by molar-refractivity contribution is 8.13. The Morgan fingerprint density at radius 2 is 2.09 bits per heavy atom. The molecule has 3 aliphatic heterocycles. The molecule has 168 valence electrons. The van der Waals surface area contributed by atoms with Gasteiger partial charge in [0.1, 0.15) is 11.5 Å². The molecule has 0 spiro atoms. The molecule has 6 nitrogen and oxygen atoms in total. The second kappa shape index (κ2) is 6.72. The molecule has 1 fully saturated rings. The first-order valence-electron chi connectivity index (χ1n) is 11.3. The highest BCUT2D eigenvalue weighted by Gasteiger charge is 2.51. The van der Waals surface area contributed by atoms with E-state index < -0.39 is 9.05 Å². The van der Waals surface area contributed by atoms with E-state index in [1.807, 2.05) is 19.9 Å². The maximum atomic E-state index is 12.2. The monoisotopic (exact) mass is 471 g/mol. The summed E-state index contributed by atoms with van der Waals surface area (Å²) >= 11 is 0. The standard InChI is InChI=1S/C24H26ClN3O3S/c1-4-24-9-5-10-27-11-8-18-17-7-6-16(32(25,29)30)12-19(17)28(21(18)22(24)27)20(13-24)23-26-14(2)15(3)31-23/h6-7,12-13,22H,4-5,8-11H2,1-3H3/t22-,24+/m1/s1. The Balaban J connectivity index is 1.74. The SMILES string of the molecule is CC[C@@]12C=C(c3nc(C)c(C)o3)n3c4c(c5ccc(S(=O)(=O)Cl)cc53)CCN(CCC1)[C@H]42. The fourth-order valence-electron chi connectivity index (χ4n) is 6.20. The van der Waals surface area contributed by atoms with Crippen molar-refractivity contribution in [3.05, 3.63) is 52.9 Å². The molecule has 3 aliphatic rings. The summed E-state index contributed by atoms with van der Waals surface area (Å²) in [6, 6.07) is 5.52. The van der Waals surface area contributed by atoms with Crippen LogP contribution in [0.2, 0.25) is 0 Å². The van der Waals surface area contributed by atoms with Gasteiger partial charge in [0.05, 0.1) is 22.1 Å². The Hall–Kier alpha value is -2.09. The zero-order chi connectivity index (χ0) is 22.4. The topological polar surface area (TPSA) is 68.3 Å². The van der Waals surface area contributed by atoms with Crippen LogP contribution in [-0.4, -0.2) is 36.0 Å². The van der Waals surface area contributed by atoms with Crippen LogP contribution < -0.4 is 0 Å². The molecule has 0 unspecified atom stereocenters. The lowest BCUT2D eigenvalue weighted by molar-refractivity contribution is 0.0269. The summed E-state index contributed by atoms with van der Waals surface area (Å²) in [7, 11) is 1.89. The van der Waals surface area contributed by atoms with E-state index in [-0.39, 0.29) is 16.4 Å². The molecule has 5 heterocycles. The minimum Gasteiger partial charge on any atom is -0.440 e. The summed E-state index contributed by atoms with van der Waals surface area (Å²) in [4.78, 5) is 7.48. The maximum absolute atomic E-state index is 12.2. The summed E-state index contributed by atoms with van der Waals surface area (Å²) in [6.07, 6.45) is 6.62. The molecule has 1 aromatic carbocycles. The average molecular weight is 472 g/mol. The number of piperidine rings is 1. The number of oxazole rings is 1. The zero-order valence-corrected chi connectivity index (χ0v) is 20.1. The van der Waals surface area contributed by atoms with E-state index in [0.717, 1.165) is 60.4 Å². The van der Waals surface area contributed by atoms with E-state index >= 15 is 0 Å². The van der Waals surface area contributed by atoms with Gasteiger partial charge in [-0.15, -0.1) is 0 Å². The van der Waals surface area contributed by atoms with Crippen LogP contribution in [0.1, 0.15) is 60.8 Å². The van der Waals surface area contributed by atoms with E-state index in [2.05, 4.69) is 22.5 Å². The van der Waals surface area contributed by atoms with Crippen LogP contribution in [0.5, 0.6) is 0 Å². The van der Waals surface area contributed by atoms with Crippen LogP contribution >= 0.6 is 10.7 Å². The van der Waals surface area contributed by atoms with Gasteiger partial charge in [-0.25, -0.2) is 13.4 Å². The summed E-state index contributed by atoms with van der Waals surface area (Å²) in [5.41, 5.74) is 5.22. The highest BCUT2D eigenvalue weighted by atomic mass is 35.7. The molecular weight excluding hydrogens is 446 g/mol. The first kappa shape index (κ1) is 20.5. The fraction of sp³-hybridized carbons (Fsp3) is 0.458. The van der Waals surface area contributed by atoms with Crippen LogP contribution in [0.25, 0.3) is 16.6 Å². The van der Waals surface area contributed by atoms with Crippen LogP contribution in [0.4, 0.5) is 0 Å². The van der Waals surface area contributed by atoms with Gasteiger partial charge in [0.25, 0.3) is 9.05 Å². The van der Waals surface area contributed by atoms with Crippen molar-refractivity contribution in [2.45, 2.75) is 57.4 Å². The average Bonchev–Trinajstić information content (AvgIpc) is 3.28. The van der Waals surface area contributed by atoms with E-state index in [4.69, 9.17) is 20.1 Å². The Bertz CT molecular complexity index is 1400. The molecule has 0 N–H and O–H groups in total. The van der Waals surface area contributed by atoms with Crippen molar-refractivity contribution >= 4 is 36.3 Å². The third kappa shape index (κ3) is 2.68. The largest absolute Gasteiger partial charge is 0.440 e. The van der Waals surface area contributed by atoms with E-state index in [0.29, 0.717) is 5.89 Å². The predicted molar refractivity (Wildman–Crippen MR) is 124 cm³/mol. The predicted octanol–water partition coefficient (Wildman–Crippen LogP) is 5.17. The van der Waals surface area contributed by atoms with Gasteiger partial charge in [0.2, 0.25) is 5.89 Å². The van der Waals surface area contributed by atoms with Crippen molar-refractivity contribution in [3.63, 3.8) is 0 Å². The molecule has 0 saturated carbocycles. The Kier molecular flexibility index (Phi) is 4.30. The van der Waals surface area contributed by atoms with Gasteiger partial charge in [-0.2, -0.15) is 0 Å². The third-order valence-electron chi connectivity index (χ3n) is 7.84. The van der Waals surface area contributed by atoms with Gasteiger partial charge in [-0.1, -0.05) is 13.0 Å². The van der Waals surface area contributed by atoms with Crippen molar-refractivity contribution in [1.82, 2.24) is 14.5 Å². The van der Waals surface area contributed by atoms with Gasteiger partial charge in [-0.05, 0) is 69.8 Å². The van der Waals surface area contributed by atoms with E-state index in [1.54, 1.807) is 12.1 Å². The molecule has 0 bridgehead atoms. The molecule has 32 heavy (non-hydrogen) atoms. The fourth-order valence-corrected chi connectivity index (χ4v) is 6.97. The summed E-state index contributed by atoms with van der Waals surface area (Å²) in [5.74, 6) is 1.39. The van der Waals surface area contributed by atoms with Crippen molar-refractivity contribution in [1.29, 1.82) is 0 Å². The third-order valence-corrected chi connectivity index (χ3v) is 9.19. The lowest BCUT2D eigenvalue weighted by Gasteiger charge is -2.53. The minimum absolute atomic E-state index is 0.00476. The summed E-state index contributed by atoms with van der Waals surface area (Å²) in [5, 5.41) is 1.09. The van der Waals surface area contributed by atoms with Gasteiger partial charge in [0.15, 0.2) is 0 Å². The van der Waals surface area contributed by atoms with Gasteiger partial charge in [0, 0.05) is 33.7 Å². The number of fused-ring (bicyclic) bond motifs is 3. The van der Waals surface area contributed by atoms with Gasteiger partial charge in [-0.3, -0.25) is 4.90 Å². The molecule has 8 heteroatoms. The molecule has 1 saturated heterocycles. The van der Waals surface area contributed by atoms with Crippen LogP contribution in [0.3, 0.4) is 0 Å². The molecule has 2 atom stereocenters. The molecular formula is C24H26ClN3O3S. The first-order chi connectivity index (χ1) is 15.2. The molecule has 2 aromatic heterocycles. The summed E-state index contributed by atoms with van der Waals surface area (Å²) < 4.78 is 32.6. The van der Waals surface area contributed by atoms with E-state index in [1.165, 1.54) is 17.7 Å². The zero-order valence-electron chi connectivity index (χ0n) is 18.5. The number of hydrogen-bond acceptors (Lipinski definition) is 5. The number of aryl methyl sites for hydroxylation is 2. The lowest BCUT2D eigenvalue weighted by atomic mass is 9.66. The molecule has 6 rings (SSSR count). The molecule has 0 radical (unpaired) electrons. The second-order valence-corrected chi connectivity index (χ2v) is 12.0. The number of halogens is 1. The number of hydrogen-bond donors (Lipinski definition) is 0. The molecule has 0 amide bonds. The van der Waals surface area contributed by atoms with Crippen LogP contribution in [0, 0.1) is 19.3 Å². The highest BCUT2D eigenvalue weighted by Crippen LogP contribution is 2.57. The molecule has 0 aliphatic carbocycles. The summed E-state index contributed by atoms with van der Waals surface area (Å²) in [6.45, 7) is 8.27. The number of aromatic nitrogens is 2. The Labute approximate surface area is 192 Å². The van der Waals surface area contributed by atoms with Crippen LogP contribution in [-0.2, 0) is 15.5 Å². The van der Waals surface area contributed by atoms with Crippen molar-refractivity contribution in [3.8, 4) is 0 Å². The quantitative estimate of drug-likeness (QED) is 0.493. The van der Waals surface area contributed by atoms with E-state index in [9.17, 15) is 8.42 Å².